The summed E-state index contributed by atoms with van der Waals surface area (Å²) in [7, 11) is 0. The van der Waals surface area contributed by atoms with Crippen molar-refractivity contribution in [3.63, 3.8) is 0 Å². The summed E-state index contributed by atoms with van der Waals surface area (Å²) in [5, 5.41) is 2.91. The number of nitrogens with zero attached hydrogens (tertiary/aromatic N) is 3. The number of rotatable bonds is 11. The number of thioether (sulfide) groups is 1. The minimum atomic E-state index is -0.496. The molecule has 2 N–H and O–H groups in total. The second-order valence-electron chi connectivity index (χ2n) is 6.56. The Balaban J connectivity index is 1.75. The molecular formula is C20H23N5O6S. The molecule has 1 amide bonds. The van der Waals surface area contributed by atoms with E-state index < -0.39 is 11.5 Å². The number of carbonyl (C=O) groups is 2. The zero-order valence-electron chi connectivity index (χ0n) is 17.6. The first-order chi connectivity index (χ1) is 15.4. The van der Waals surface area contributed by atoms with Crippen LogP contribution in [-0.2, 0) is 37.1 Å². The molecule has 2 aromatic heterocycles. The van der Waals surface area contributed by atoms with Gasteiger partial charge >= 0.3 is 5.97 Å². The van der Waals surface area contributed by atoms with Crippen molar-refractivity contribution >= 4 is 40.8 Å². The van der Waals surface area contributed by atoms with Crippen LogP contribution >= 0.6 is 11.8 Å². The minimum absolute atomic E-state index is 0.00735. The van der Waals surface area contributed by atoms with Crippen molar-refractivity contribution in [1.29, 1.82) is 0 Å². The van der Waals surface area contributed by atoms with Crippen molar-refractivity contribution in [3.8, 4) is 0 Å². The smallest absolute Gasteiger partial charge is 0.302 e. The highest BCUT2D eigenvalue weighted by Gasteiger charge is 2.17. The van der Waals surface area contributed by atoms with E-state index in [0.29, 0.717) is 11.8 Å². The van der Waals surface area contributed by atoms with E-state index in [1.807, 2.05) is 30.3 Å². The fourth-order valence-corrected chi connectivity index (χ4v) is 3.39. The zero-order chi connectivity index (χ0) is 22.9. The Kier molecular flexibility index (Phi) is 8.36. The van der Waals surface area contributed by atoms with Crippen LogP contribution in [-0.4, -0.2) is 50.5 Å². The van der Waals surface area contributed by atoms with Gasteiger partial charge in [0.15, 0.2) is 16.3 Å². The van der Waals surface area contributed by atoms with Crippen molar-refractivity contribution in [2.24, 2.45) is 0 Å². The molecule has 0 unspecified atom stereocenters. The Morgan fingerprint density at radius 2 is 1.91 bits per heavy atom. The van der Waals surface area contributed by atoms with Crippen molar-refractivity contribution in [3.05, 3.63) is 46.2 Å². The summed E-state index contributed by atoms with van der Waals surface area (Å²) < 4.78 is 17.7. The highest BCUT2D eigenvalue weighted by molar-refractivity contribution is 7.99. The number of amides is 1. The molecule has 170 valence electrons. The predicted octanol–water partition coefficient (Wildman–Crippen LogP) is 1.88. The van der Waals surface area contributed by atoms with Crippen LogP contribution in [0.4, 0.5) is 5.95 Å². The molecule has 0 atom stereocenters. The first-order valence-electron chi connectivity index (χ1n) is 9.67. The number of nitrogens with one attached hydrogen (secondary N) is 2. The molecule has 2 heterocycles. The highest BCUT2D eigenvalue weighted by Crippen LogP contribution is 2.22. The van der Waals surface area contributed by atoms with Gasteiger partial charge in [-0.05, 0) is 5.56 Å². The number of imidazole rings is 1. The molecule has 0 saturated heterocycles. The quantitative estimate of drug-likeness (QED) is 0.190. The van der Waals surface area contributed by atoms with E-state index in [9.17, 15) is 14.4 Å². The number of anilines is 1. The van der Waals surface area contributed by atoms with E-state index in [1.165, 1.54) is 25.6 Å². The lowest BCUT2D eigenvalue weighted by Crippen LogP contribution is -2.17. The highest BCUT2D eigenvalue weighted by atomic mass is 32.2. The van der Waals surface area contributed by atoms with Gasteiger partial charge in [0.1, 0.15) is 19.3 Å². The van der Waals surface area contributed by atoms with Crippen LogP contribution in [0.3, 0.4) is 0 Å². The van der Waals surface area contributed by atoms with E-state index in [-0.39, 0.29) is 48.9 Å². The average Bonchev–Trinajstić information content (AvgIpc) is 3.09. The van der Waals surface area contributed by atoms with Crippen molar-refractivity contribution in [1.82, 2.24) is 19.5 Å². The lowest BCUT2D eigenvalue weighted by molar-refractivity contribution is -0.142. The van der Waals surface area contributed by atoms with Crippen LogP contribution in [0.5, 0.6) is 0 Å². The Bertz CT molecular complexity index is 1130. The summed E-state index contributed by atoms with van der Waals surface area (Å²) in [4.78, 5) is 45.8. The van der Waals surface area contributed by atoms with Gasteiger partial charge in [-0.3, -0.25) is 29.3 Å². The third kappa shape index (κ3) is 6.64. The first kappa shape index (κ1) is 23.4. The number of H-pyrrole nitrogens is 1. The van der Waals surface area contributed by atoms with Gasteiger partial charge in [-0.1, -0.05) is 42.1 Å². The van der Waals surface area contributed by atoms with Gasteiger partial charge in [-0.25, -0.2) is 4.98 Å². The van der Waals surface area contributed by atoms with E-state index in [4.69, 9.17) is 14.2 Å². The van der Waals surface area contributed by atoms with Gasteiger partial charge in [-0.15, -0.1) is 0 Å². The van der Waals surface area contributed by atoms with E-state index in [1.54, 1.807) is 4.57 Å². The minimum Gasteiger partial charge on any atom is -0.463 e. The van der Waals surface area contributed by atoms with Crippen LogP contribution in [0, 0.1) is 0 Å². The Morgan fingerprint density at radius 1 is 1.12 bits per heavy atom. The summed E-state index contributed by atoms with van der Waals surface area (Å²) in [6.07, 6.45) is 0. The molecule has 1 aromatic carbocycles. The molecule has 0 radical (unpaired) electrons. The lowest BCUT2D eigenvalue weighted by atomic mass is 10.2. The summed E-state index contributed by atoms with van der Waals surface area (Å²) in [6, 6.07) is 9.72. The van der Waals surface area contributed by atoms with Gasteiger partial charge in [0.2, 0.25) is 11.9 Å². The normalized spacial score (nSPS) is 10.9. The molecule has 12 heteroatoms. The number of aromatic amines is 1. The SMILES string of the molecule is CC(=O)Nc1nc2c(nc(SCOCc3ccccc3)n2COCCOC(C)=O)c(=O)[nH]1. The number of fused-ring (bicyclic) bond motifs is 1. The van der Waals surface area contributed by atoms with Crippen LogP contribution in [0.15, 0.2) is 40.3 Å². The number of aromatic nitrogens is 4. The van der Waals surface area contributed by atoms with Crippen molar-refractivity contribution < 1.29 is 23.8 Å². The maximum atomic E-state index is 12.5. The summed E-state index contributed by atoms with van der Waals surface area (Å²) in [5.74, 6) is -0.489. The molecule has 0 aliphatic heterocycles. The maximum Gasteiger partial charge on any atom is 0.302 e. The molecule has 0 aliphatic rings. The van der Waals surface area contributed by atoms with Crippen LogP contribution in [0.1, 0.15) is 19.4 Å². The topological polar surface area (TPSA) is 137 Å². The summed E-state index contributed by atoms with van der Waals surface area (Å²) in [5.41, 5.74) is 0.890. The molecule has 0 spiro atoms. The van der Waals surface area contributed by atoms with Gasteiger partial charge in [0.25, 0.3) is 5.56 Å². The lowest BCUT2D eigenvalue weighted by Gasteiger charge is -2.10. The van der Waals surface area contributed by atoms with Crippen LogP contribution in [0.25, 0.3) is 11.2 Å². The predicted molar refractivity (Wildman–Crippen MR) is 117 cm³/mol. The second-order valence-corrected chi connectivity index (χ2v) is 7.45. The van der Waals surface area contributed by atoms with Gasteiger partial charge < -0.3 is 14.2 Å². The molecule has 0 bridgehead atoms. The number of carbonyl (C=O) groups excluding carboxylic acids is 2. The number of hydrogen-bond donors (Lipinski definition) is 2. The van der Waals surface area contributed by atoms with Gasteiger partial charge in [0.05, 0.1) is 13.2 Å². The Morgan fingerprint density at radius 3 is 2.62 bits per heavy atom. The molecule has 32 heavy (non-hydrogen) atoms. The fourth-order valence-electron chi connectivity index (χ4n) is 2.67. The number of hydrogen-bond acceptors (Lipinski definition) is 9. The van der Waals surface area contributed by atoms with E-state index in [0.717, 1.165) is 5.56 Å². The number of esters is 1. The second kappa shape index (κ2) is 11.4. The standard InChI is InChI=1S/C20H23N5O6S/c1-13(26)21-19-23-17-16(18(28)24-19)22-20(25(17)11-29-8-9-31-14(2)27)32-12-30-10-15-6-4-3-5-7-15/h3-7H,8-12H2,1-2H3,(H2,21,23,24,26,28). The Labute approximate surface area is 187 Å². The molecule has 0 aliphatic carbocycles. The third-order valence-electron chi connectivity index (χ3n) is 4.00. The fraction of sp³-hybridized carbons (Fsp3) is 0.350. The molecule has 3 aromatic rings. The van der Waals surface area contributed by atoms with Crippen LogP contribution < -0.4 is 10.9 Å². The van der Waals surface area contributed by atoms with E-state index >= 15 is 0 Å². The monoisotopic (exact) mass is 461 g/mol. The zero-order valence-corrected chi connectivity index (χ0v) is 18.4. The van der Waals surface area contributed by atoms with Crippen LogP contribution in [0.2, 0.25) is 0 Å². The summed E-state index contributed by atoms with van der Waals surface area (Å²) in [6.45, 7) is 3.30. The molecular weight excluding hydrogens is 438 g/mol. The molecule has 3 rings (SSSR count). The van der Waals surface area contributed by atoms with Crippen molar-refractivity contribution in [2.45, 2.75) is 32.3 Å². The average molecular weight is 462 g/mol. The van der Waals surface area contributed by atoms with Gasteiger partial charge in [-0.2, -0.15) is 4.98 Å². The van der Waals surface area contributed by atoms with Crippen molar-refractivity contribution in [2.75, 3.05) is 24.5 Å². The first-order valence-corrected chi connectivity index (χ1v) is 10.7. The molecule has 0 fully saturated rings. The molecule has 11 nitrogen and oxygen atoms in total. The maximum absolute atomic E-state index is 12.5. The Hall–Kier alpha value is -3.22. The summed E-state index contributed by atoms with van der Waals surface area (Å²) >= 11 is 1.27. The number of ether oxygens (including phenoxy) is 3. The molecule has 0 saturated carbocycles. The van der Waals surface area contributed by atoms with E-state index in [2.05, 4.69) is 20.3 Å². The number of benzene rings is 1. The largest absolute Gasteiger partial charge is 0.463 e. The third-order valence-corrected chi connectivity index (χ3v) is 4.86. The van der Waals surface area contributed by atoms with Gasteiger partial charge in [0, 0.05) is 13.8 Å².